The molecule has 0 saturated carbocycles. The minimum absolute atomic E-state index is 0.716. The topological polar surface area (TPSA) is 12.0 Å². The molecule has 1 aliphatic heterocycles. The number of hydrogen-bond acceptors (Lipinski definition) is 2. The van der Waals surface area contributed by atoms with Crippen LogP contribution in [0.3, 0.4) is 0 Å². The fraction of sp³-hybridized carbons (Fsp3) is 1.00. The molecule has 0 unspecified atom stereocenters. The van der Waals surface area contributed by atoms with Crippen molar-refractivity contribution in [2.45, 2.75) is 25.1 Å². The SMILES string of the molecule is C[C@H]1NCCS[C@@H]1C. The third kappa shape index (κ3) is 1.39. The molecule has 0 amide bonds. The van der Waals surface area contributed by atoms with Gasteiger partial charge in [0.2, 0.25) is 0 Å². The quantitative estimate of drug-likeness (QED) is 0.528. The third-order valence-corrected chi connectivity index (χ3v) is 3.03. The Morgan fingerprint density at radius 1 is 1.50 bits per heavy atom. The smallest absolute Gasteiger partial charge is 0.0170 e. The van der Waals surface area contributed by atoms with Crippen molar-refractivity contribution in [1.82, 2.24) is 5.32 Å². The summed E-state index contributed by atoms with van der Waals surface area (Å²) in [6, 6.07) is 0.716. The van der Waals surface area contributed by atoms with E-state index in [1.54, 1.807) is 0 Å². The number of nitrogens with one attached hydrogen (secondary N) is 1. The first-order valence-electron chi connectivity index (χ1n) is 3.15. The molecule has 0 aromatic carbocycles. The van der Waals surface area contributed by atoms with Gasteiger partial charge in [-0.25, -0.2) is 0 Å². The Balaban J connectivity index is 2.28. The van der Waals surface area contributed by atoms with Gasteiger partial charge in [0.05, 0.1) is 0 Å². The predicted octanol–water partition coefficient (Wildman–Crippen LogP) is 1.10. The Labute approximate surface area is 55.2 Å². The average molecular weight is 131 g/mol. The molecule has 1 heterocycles. The molecule has 1 fully saturated rings. The molecule has 1 nitrogen and oxygen atoms in total. The summed E-state index contributed by atoms with van der Waals surface area (Å²) >= 11 is 2.06. The van der Waals surface area contributed by atoms with Gasteiger partial charge in [-0.15, -0.1) is 0 Å². The summed E-state index contributed by atoms with van der Waals surface area (Å²) in [6.07, 6.45) is 0. The van der Waals surface area contributed by atoms with Crippen molar-refractivity contribution >= 4 is 11.8 Å². The lowest BCUT2D eigenvalue weighted by molar-refractivity contribution is 0.550. The molecule has 0 aromatic heterocycles. The van der Waals surface area contributed by atoms with Crippen LogP contribution < -0.4 is 5.32 Å². The van der Waals surface area contributed by atoms with E-state index in [0.29, 0.717) is 6.04 Å². The molecule has 1 rings (SSSR count). The van der Waals surface area contributed by atoms with Crippen LogP contribution in [0.1, 0.15) is 13.8 Å². The standard InChI is InChI=1S/C6H13NS/c1-5-6(2)8-4-3-7-5/h5-7H,3-4H2,1-2H3/t5-,6-/m1/s1. The van der Waals surface area contributed by atoms with Crippen molar-refractivity contribution in [2.24, 2.45) is 0 Å². The summed E-state index contributed by atoms with van der Waals surface area (Å²) in [6.45, 7) is 5.72. The Kier molecular flexibility index (Phi) is 2.20. The zero-order chi connectivity index (χ0) is 5.98. The van der Waals surface area contributed by atoms with Crippen molar-refractivity contribution < 1.29 is 0 Å². The molecule has 0 bridgehead atoms. The van der Waals surface area contributed by atoms with Crippen LogP contribution in [0.15, 0.2) is 0 Å². The van der Waals surface area contributed by atoms with E-state index in [9.17, 15) is 0 Å². The molecular weight excluding hydrogens is 118 g/mol. The minimum Gasteiger partial charge on any atom is -0.312 e. The molecule has 48 valence electrons. The van der Waals surface area contributed by atoms with E-state index in [2.05, 4.69) is 30.9 Å². The highest BCUT2D eigenvalue weighted by Gasteiger charge is 2.15. The van der Waals surface area contributed by atoms with E-state index in [-0.39, 0.29) is 0 Å². The second-order valence-corrected chi connectivity index (χ2v) is 3.80. The molecule has 0 aliphatic carbocycles. The van der Waals surface area contributed by atoms with E-state index < -0.39 is 0 Å². The lowest BCUT2D eigenvalue weighted by Crippen LogP contribution is -2.39. The van der Waals surface area contributed by atoms with Crippen molar-refractivity contribution in [1.29, 1.82) is 0 Å². The first-order chi connectivity index (χ1) is 3.80. The Hall–Kier alpha value is 0.310. The molecular formula is C6H13NS. The Morgan fingerprint density at radius 2 is 2.25 bits per heavy atom. The molecule has 0 radical (unpaired) electrons. The van der Waals surface area contributed by atoms with Crippen LogP contribution in [-0.4, -0.2) is 23.6 Å². The number of thioether (sulfide) groups is 1. The highest BCUT2D eigenvalue weighted by Crippen LogP contribution is 2.16. The van der Waals surface area contributed by atoms with Gasteiger partial charge < -0.3 is 5.32 Å². The molecule has 0 spiro atoms. The van der Waals surface area contributed by atoms with Gasteiger partial charge in [-0.2, -0.15) is 11.8 Å². The maximum absolute atomic E-state index is 3.41. The van der Waals surface area contributed by atoms with Gasteiger partial charge in [0.15, 0.2) is 0 Å². The van der Waals surface area contributed by atoms with Gasteiger partial charge in [-0.05, 0) is 6.92 Å². The monoisotopic (exact) mass is 131 g/mol. The van der Waals surface area contributed by atoms with Crippen molar-refractivity contribution in [3.8, 4) is 0 Å². The number of rotatable bonds is 0. The average Bonchev–Trinajstić information content (AvgIpc) is 1.77. The molecule has 1 N–H and O–H groups in total. The fourth-order valence-corrected chi connectivity index (χ4v) is 1.83. The van der Waals surface area contributed by atoms with Crippen LogP contribution in [-0.2, 0) is 0 Å². The fourth-order valence-electron chi connectivity index (χ4n) is 0.842. The van der Waals surface area contributed by atoms with Crippen LogP contribution in [0.2, 0.25) is 0 Å². The predicted molar refractivity (Wildman–Crippen MR) is 39.4 cm³/mol. The lowest BCUT2D eigenvalue weighted by Gasteiger charge is -2.25. The van der Waals surface area contributed by atoms with E-state index in [0.717, 1.165) is 5.25 Å². The summed E-state index contributed by atoms with van der Waals surface area (Å²) < 4.78 is 0. The molecule has 2 heteroatoms. The molecule has 1 saturated heterocycles. The zero-order valence-corrected chi connectivity index (χ0v) is 6.29. The van der Waals surface area contributed by atoms with E-state index in [1.807, 2.05) is 0 Å². The summed E-state index contributed by atoms with van der Waals surface area (Å²) in [7, 11) is 0. The molecule has 8 heavy (non-hydrogen) atoms. The maximum Gasteiger partial charge on any atom is 0.0170 e. The highest BCUT2D eigenvalue weighted by atomic mass is 32.2. The van der Waals surface area contributed by atoms with Crippen LogP contribution in [0.4, 0.5) is 0 Å². The van der Waals surface area contributed by atoms with Gasteiger partial charge >= 0.3 is 0 Å². The van der Waals surface area contributed by atoms with Crippen molar-refractivity contribution in [3.63, 3.8) is 0 Å². The van der Waals surface area contributed by atoms with Gasteiger partial charge in [-0.3, -0.25) is 0 Å². The maximum atomic E-state index is 3.41. The third-order valence-electron chi connectivity index (χ3n) is 1.65. The zero-order valence-electron chi connectivity index (χ0n) is 5.48. The van der Waals surface area contributed by atoms with E-state index in [1.165, 1.54) is 12.3 Å². The Morgan fingerprint density at radius 3 is 2.62 bits per heavy atom. The second-order valence-electron chi connectivity index (χ2n) is 2.32. The van der Waals surface area contributed by atoms with Gasteiger partial charge in [0, 0.05) is 23.6 Å². The first kappa shape index (κ1) is 6.43. The first-order valence-corrected chi connectivity index (χ1v) is 4.20. The Bertz CT molecular complexity index is 64.9. The summed E-state index contributed by atoms with van der Waals surface area (Å²) in [5, 5.41) is 4.22. The van der Waals surface area contributed by atoms with Crippen molar-refractivity contribution in [3.05, 3.63) is 0 Å². The molecule has 2 atom stereocenters. The lowest BCUT2D eigenvalue weighted by atomic mass is 10.2. The van der Waals surface area contributed by atoms with Gasteiger partial charge in [-0.1, -0.05) is 6.92 Å². The van der Waals surface area contributed by atoms with Crippen LogP contribution in [0, 0.1) is 0 Å². The summed E-state index contributed by atoms with van der Waals surface area (Å²) in [4.78, 5) is 0. The van der Waals surface area contributed by atoms with E-state index >= 15 is 0 Å². The van der Waals surface area contributed by atoms with Gasteiger partial charge in [0.25, 0.3) is 0 Å². The van der Waals surface area contributed by atoms with Crippen molar-refractivity contribution in [2.75, 3.05) is 12.3 Å². The largest absolute Gasteiger partial charge is 0.312 e. The van der Waals surface area contributed by atoms with Gasteiger partial charge in [0.1, 0.15) is 0 Å². The summed E-state index contributed by atoms with van der Waals surface area (Å²) in [5.74, 6) is 1.28. The highest BCUT2D eigenvalue weighted by molar-refractivity contribution is 8.00. The van der Waals surface area contributed by atoms with Crippen LogP contribution in [0.5, 0.6) is 0 Å². The van der Waals surface area contributed by atoms with Crippen LogP contribution in [0.25, 0.3) is 0 Å². The minimum atomic E-state index is 0.716. The summed E-state index contributed by atoms with van der Waals surface area (Å²) in [5.41, 5.74) is 0. The molecule has 0 aromatic rings. The van der Waals surface area contributed by atoms with E-state index in [4.69, 9.17) is 0 Å². The molecule has 1 aliphatic rings. The second kappa shape index (κ2) is 2.74. The normalized spacial score (nSPS) is 39.8. The van der Waals surface area contributed by atoms with Crippen LogP contribution >= 0.6 is 11.8 Å². The number of hydrogen-bond donors (Lipinski definition) is 1.